The molecule has 0 aliphatic heterocycles. The van der Waals surface area contributed by atoms with Gasteiger partial charge in [-0.3, -0.25) is 0 Å². The van der Waals surface area contributed by atoms with Crippen molar-refractivity contribution in [2.24, 2.45) is 0 Å². The first-order valence-electron chi connectivity index (χ1n) is 5.63. The maximum Gasteiger partial charge on any atom is 0.115 e. The molecule has 0 fully saturated rings. The summed E-state index contributed by atoms with van der Waals surface area (Å²) in [4.78, 5) is 0.942. The molecule has 0 spiro atoms. The lowest BCUT2D eigenvalue weighted by Gasteiger charge is -2.08. The molecule has 0 aliphatic carbocycles. The molecule has 0 unspecified atom stereocenters. The highest BCUT2D eigenvalue weighted by Gasteiger charge is 2.03. The summed E-state index contributed by atoms with van der Waals surface area (Å²) in [5.74, 6) is 0.723. The molecule has 1 nitrogen and oxygen atoms in total. The van der Waals surface area contributed by atoms with E-state index in [0.29, 0.717) is 11.7 Å². The summed E-state index contributed by atoms with van der Waals surface area (Å²) in [5, 5.41) is 9.15. The molecule has 0 radical (unpaired) electrons. The highest BCUT2D eigenvalue weighted by Crippen LogP contribution is 2.25. The Morgan fingerprint density at radius 3 is 1.87 bits per heavy atom. The number of phenols is 1. The third kappa shape index (κ3) is 6.45. The summed E-state index contributed by atoms with van der Waals surface area (Å²) in [6, 6.07) is 5.22. The predicted octanol–water partition coefficient (Wildman–Crippen LogP) is 4.86. The Kier molecular flexibility index (Phi) is 11.1. The number of aromatic hydroxyl groups is 1. The van der Waals surface area contributed by atoms with Gasteiger partial charge < -0.3 is 5.11 Å². The Morgan fingerprint density at radius 2 is 1.53 bits per heavy atom. The summed E-state index contributed by atoms with van der Waals surface area (Å²) in [5.41, 5.74) is 1.09. The molecule has 1 aromatic carbocycles. The Morgan fingerprint density at radius 1 is 1.07 bits per heavy atom. The van der Waals surface area contributed by atoms with Crippen LogP contribution in [0.1, 0.15) is 53.0 Å². The number of thiol groups is 1. The average Bonchev–Trinajstić information content (AvgIpc) is 2.27. The van der Waals surface area contributed by atoms with E-state index in [1.807, 2.05) is 33.8 Å². The van der Waals surface area contributed by atoms with Gasteiger partial charge in [0.15, 0.2) is 0 Å². The lowest BCUT2D eigenvalue weighted by Crippen LogP contribution is -1.88. The van der Waals surface area contributed by atoms with E-state index in [4.69, 9.17) is 5.11 Å². The first-order chi connectivity index (χ1) is 7.11. The second kappa shape index (κ2) is 9.91. The predicted molar refractivity (Wildman–Crippen MR) is 72.1 cm³/mol. The van der Waals surface area contributed by atoms with Crippen molar-refractivity contribution in [3.8, 4) is 5.75 Å². The van der Waals surface area contributed by atoms with Crippen molar-refractivity contribution in [1.29, 1.82) is 0 Å². The SMILES string of the molecule is CC.CC.CC(C)c1cc(O)ccc1S. The molecule has 1 aromatic rings. The third-order valence-electron chi connectivity index (χ3n) is 1.63. The van der Waals surface area contributed by atoms with Crippen LogP contribution in [0.3, 0.4) is 0 Å². The van der Waals surface area contributed by atoms with Crippen LogP contribution >= 0.6 is 12.6 Å². The zero-order valence-corrected chi connectivity index (χ0v) is 11.6. The van der Waals surface area contributed by atoms with Crippen molar-refractivity contribution in [3.05, 3.63) is 23.8 Å². The zero-order chi connectivity index (χ0) is 12.4. The average molecular weight is 228 g/mol. The molecular formula is C13H24OS. The zero-order valence-electron chi connectivity index (χ0n) is 10.7. The molecule has 0 amide bonds. The van der Waals surface area contributed by atoms with Gasteiger partial charge in [-0.2, -0.15) is 0 Å². The summed E-state index contributed by atoms with van der Waals surface area (Å²) in [6.45, 7) is 12.2. The molecule has 88 valence electrons. The number of rotatable bonds is 1. The Labute approximate surface area is 99.9 Å². The molecule has 0 bridgehead atoms. The van der Waals surface area contributed by atoms with Crippen LogP contribution in [0.15, 0.2) is 23.1 Å². The number of benzene rings is 1. The Balaban J connectivity index is 0. The van der Waals surface area contributed by atoms with E-state index in [1.165, 1.54) is 0 Å². The summed E-state index contributed by atoms with van der Waals surface area (Å²) in [6.07, 6.45) is 0. The molecule has 1 rings (SSSR count). The van der Waals surface area contributed by atoms with Crippen LogP contribution in [0.5, 0.6) is 5.75 Å². The van der Waals surface area contributed by atoms with Gasteiger partial charge in [0.2, 0.25) is 0 Å². The third-order valence-corrected chi connectivity index (χ3v) is 2.04. The number of phenolic OH excluding ortho intramolecular Hbond substituents is 1. The van der Waals surface area contributed by atoms with Crippen molar-refractivity contribution in [1.82, 2.24) is 0 Å². The van der Waals surface area contributed by atoms with Crippen molar-refractivity contribution >= 4 is 12.6 Å². The highest BCUT2D eigenvalue weighted by molar-refractivity contribution is 7.80. The first-order valence-corrected chi connectivity index (χ1v) is 6.08. The molecule has 15 heavy (non-hydrogen) atoms. The molecule has 0 aromatic heterocycles. The lowest BCUT2D eigenvalue weighted by molar-refractivity contribution is 0.473. The summed E-state index contributed by atoms with van der Waals surface area (Å²) < 4.78 is 0. The monoisotopic (exact) mass is 228 g/mol. The minimum atomic E-state index is 0.312. The summed E-state index contributed by atoms with van der Waals surface area (Å²) in [7, 11) is 0. The largest absolute Gasteiger partial charge is 0.508 e. The van der Waals surface area contributed by atoms with Crippen molar-refractivity contribution in [2.75, 3.05) is 0 Å². The molecule has 0 aliphatic rings. The second-order valence-electron chi connectivity index (χ2n) is 2.90. The van der Waals surface area contributed by atoms with Gasteiger partial charge in [0, 0.05) is 4.90 Å². The van der Waals surface area contributed by atoms with Gasteiger partial charge >= 0.3 is 0 Å². The van der Waals surface area contributed by atoms with E-state index in [2.05, 4.69) is 26.5 Å². The van der Waals surface area contributed by atoms with Gasteiger partial charge in [-0.15, -0.1) is 12.6 Å². The normalized spacial score (nSPS) is 8.53. The smallest absolute Gasteiger partial charge is 0.115 e. The fraction of sp³-hybridized carbons (Fsp3) is 0.538. The van der Waals surface area contributed by atoms with Gasteiger partial charge in [-0.05, 0) is 29.7 Å². The molecule has 0 atom stereocenters. The molecule has 0 saturated carbocycles. The maximum absolute atomic E-state index is 9.15. The molecule has 1 N–H and O–H groups in total. The van der Waals surface area contributed by atoms with E-state index in [0.717, 1.165) is 10.5 Å². The van der Waals surface area contributed by atoms with E-state index >= 15 is 0 Å². The quantitative estimate of drug-likeness (QED) is 0.658. The van der Waals surface area contributed by atoms with Crippen LogP contribution in [-0.4, -0.2) is 5.11 Å². The lowest BCUT2D eigenvalue weighted by atomic mass is 10.0. The highest BCUT2D eigenvalue weighted by atomic mass is 32.1. The molecule has 0 heterocycles. The van der Waals surface area contributed by atoms with E-state index in [-0.39, 0.29) is 0 Å². The van der Waals surface area contributed by atoms with E-state index in [1.54, 1.807) is 12.1 Å². The molecular weight excluding hydrogens is 204 g/mol. The Bertz CT molecular complexity index is 257. The van der Waals surface area contributed by atoms with Crippen LogP contribution in [0.4, 0.5) is 0 Å². The fourth-order valence-corrected chi connectivity index (χ4v) is 1.40. The van der Waals surface area contributed by atoms with Gasteiger partial charge in [0.05, 0.1) is 0 Å². The topological polar surface area (TPSA) is 20.2 Å². The summed E-state index contributed by atoms with van der Waals surface area (Å²) >= 11 is 4.27. The van der Waals surface area contributed by atoms with E-state index in [9.17, 15) is 0 Å². The first kappa shape index (κ1) is 16.8. The Hall–Kier alpha value is -0.630. The standard InChI is InChI=1S/C9H12OS.2C2H6/c1-6(2)8-5-7(10)3-4-9(8)11;2*1-2/h3-6,10-11H,1-2H3;2*1-2H3. The van der Waals surface area contributed by atoms with Crippen LogP contribution in [0, 0.1) is 0 Å². The molecule has 2 heteroatoms. The van der Waals surface area contributed by atoms with Gasteiger partial charge in [-0.1, -0.05) is 41.5 Å². The maximum atomic E-state index is 9.15. The minimum Gasteiger partial charge on any atom is -0.508 e. The van der Waals surface area contributed by atoms with Gasteiger partial charge in [0.1, 0.15) is 5.75 Å². The van der Waals surface area contributed by atoms with Crippen molar-refractivity contribution in [3.63, 3.8) is 0 Å². The number of hydrogen-bond acceptors (Lipinski definition) is 2. The fourth-order valence-electron chi connectivity index (χ4n) is 1.00. The minimum absolute atomic E-state index is 0.312. The van der Waals surface area contributed by atoms with Crippen molar-refractivity contribution in [2.45, 2.75) is 52.4 Å². The van der Waals surface area contributed by atoms with Crippen molar-refractivity contribution < 1.29 is 5.11 Å². The van der Waals surface area contributed by atoms with Crippen LogP contribution in [0.25, 0.3) is 0 Å². The van der Waals surface area contributed by atoms with Gasteiger partial charge in [-0.25, -0.2) is 0 Å². The van der Waals surface area contributed by atoms with Crippen LogP contribution in [0.2, 0.25) is 0 Å². The second-order valence-corrected chi connectivity index (χ2v) is 3.38. The molecule has 0 saturated heterocycles. The number of hydrogen-bond donors (Lipinski definition) is 2. The van der Waals surface area contributed by atoms with Gasteiger partial charge in [0.25, 0.3) is 0 Å². The van der Waals surface area contributed by atoms with E-state index < -0.39 is 0 Å². The van der Waals surface area contributed by atoms with Crippen LogP contribution in [-0.2, 0) is 0 Å². The van der Waals surface area contributed by atoms with Crippen LogP contribution < -0.4 is 0 Å².